The summed E-state index contributed by atoms with van der Waals surface area (Å²) in [6, 6.07) is 18.7. The van der Waals surface area contributed by atoms with Gasteiger partial charge in [0.2, 0.25) is 11.8 Å². The first-order valence-corrected chi connectivity index (χ1v) is 13.9. The summed E-state index contributed by atoms with van der Waals surface area (Å²) < 4.78 is 1.06. The Kier molecular flexibility index (Phi) is 7.59. The first-order valence-electron chi connectivity index (χ1n) is 13.1. The summed E-state index contributed by atoms with van der Waals surface area (Å²) in [6.45, 7) is 4.42. The Hall–Kier alpha value is -2.18. The fourth-order valence-electron chi connectivity index (χ4n) is 5.80. The molecule has 1 atom stereocenters. The number of likely N-dealkylation sites (tertiary alicyclic amines) is 2. The molecule has 6 heteroatoms. The minimum Gasteiger partial charge on any atom is -0.349 e. The molecule has 1 saturated carbocycles. The minimum absolute atomic E-state index is 0.0506. The van der Waals surface area contributed by atoms with Crippen molar-refractivity contribution in [1.29, 1.82) is 0 Å². The van der Waals surface area contributed by atoms with Gasteiger partial charge in [-0.2, -0.15) is 0 Å². The third-order valence-corrected chi connectivity index (χ3v) is 8.96. The van der Waals surface area contributed by atoms with Crippen LogP contribution in [0.1, 0.15) is 62.1 Å². The minimum atomic E-state index is -0.177. The Bertz CT molecular complexity index is 1010. The van der Waals surface area contributed by atoms with Gasteiger partial charge in [-0.25, -0.2) is 0 Å². The van der Waals surface area contributed by atoms with Crippen molar-refractivity contribution in [2.75, 3.05) is 26.2 Å². The van der Waals surface area contributed by atoms with Crippen molar-refractivity contribution in [3.63, 3.8) is 0 Å². The van der Waals surface area contributed by atoms with E-state index in [9.17, 15) is 9.59 Å². The highest BCUT2D eigenvalue weighted by atomic mass is 79.9. The molecule has 1 N–H and O–H groups in total. The van der Waals surface area contributed by atoms with E-state index < -0.39 is 0 Å². The maximum absolute atomic E-state index is 13.4. The van der Waals surface area contributed by atoms with Crippen molar-refractivity contribution in [2.24, 2.45) is 11.3 Å². The molecular weight excluding hydrogens is 502 g/mol. The maximum atomic E-state index is 13.4. The molecule has 2 aliphatic heterocycles. The summed E-state index contributed by atoms with van der Waals surface area (Å²) in [5.41, 5.74) is 2.19. The molecule has 2 amide bonds. The zero-order chi connectivity index (χ0) is 24.3. The summed E-state index contributed by atoms with van der Waals surface area (Å²) in [5, 5.41) is 3.33. The fraction of sp³-hybridized carbons (Fsp3) is 0.517. The predicted octanol–water partition coefficient (Wildman–Crippen LogP) is 5.31. The molecule has 2 heterocycles. The number of hydrogen-bond donors (Lipinski definition) is 1. The number of benzene rings is 2. The molecule has 0 bridgehead atoms. The summed E-state index contributed by atoms with van der Waals surface area (Å²) in [6.07, 6.45) is 6.96. The highest BCUT2D eigenvalue weighted by Gasteiger charge is 2.47. The van der Waals surface area contributed by atoms with Gasteiger partial charge in [-0.3, -0.25) is 9.59 Å². The standard InChI is InChI=1S/C29H36BrN3O2/c30-25-11-9-22(10-12-25)21-33-20-16-29(28(33)35)14-18-32(19-15-29)17-13-26(23-5-2-1-3-6-23)31-27(34)24-7-4-8-24/h1-3,5-6,9-12,24,26H,4,7-8,13-21H2,(H,31,34). The Morgan fingerprint density at radius 1 is 1.00 bits per heavy atom. The van der Waals surface area contributed by atoms with Crippen molar-refractivity contribution in [3.8, 4) is 0 Å². The van der Waals surface area contributed by atoms with E-state index in [0.717, 1.165) is 69.2 Å². The molecule has 35 heavy (non-hydrogen) atoms. The monoisotopic (exact) mass is 537 g/mol. The molecular formula is C29H36BrN3O2. The van der Waals surface area contributed by atoms with Crippen molar-refractivity contribution in [1.82, 2.24) is 15.1 Å². The Morgan fingerprint density at radius 3 is 2.34 bits per heavy atom. The van der Waals surface area contributed by atoms with Gasteiger partial charge in [-0.15, -0.1) is 0 Å². The van der Waals surface area contributed by atoms with Crippen LogP contribution in [-0.2, 0) is 16.1 Å². The van der Waals surface area contributed by atoms with Crippen LogP contribution in [0.15, 0.2) is 59.1 Å². The molecule has 1 aliphatic carbocycles. The number of carbonyl (C=O) groups excluding carboxylic acids is 2. The first-order chi connectivity index (χ1) is 17.0. The van der Waals surface area contributed by atoms with Crippen molar-refractivity contribution >= 4 is 27.7 Å². The lowest BCUT2D eigenvalue weighted by Crippen LogP contribution is -2.45. The van der Waals surface area contributed by atoms with Crippen LogP contribution in [0.4, 0.5) is 0 Å². The molecule has 2 aromatic carbocycles. The van der Waals surface area contributed by atoms with Gasteiger partial charge in [0, 0.05) is 30.0 Å². The zero-order valence-corrected chi connectivity index (χ0v) is 22.0. The van der Waals surface area contributed by atoms with Crippen LogP contribution in [0.2, 0.25) is 0 Å². The largest absolute Gasteiger partial charge is 0.349 e. The second-order valence-electron chi connectivity index (χ2n) is 10.6. The van der Waals surface area contributed by atoms with Crippen LogP contribution in [0.25, 0.3) is 0 Å². The summed E-state index contributed by atoms with van der Waals surface area (Å²) in [5.74, 6) is 0.755. The topological polar surface area (TPSA) is 52.7 Å². The third-order valence-electron chi connectivity index (χ3n) is 8.43. The van der Waals surface area contributed by atoms with Gasteiger partial charge in [-0.1, -0.05) is 64.8 Å². The Balaban J connectivity index is 1.14. The molecule has 0 radical (unpaired) electrons. The van der Waals surface area contributed by atoms with E-state index >= 15 is 0 Å². The van der Waals surface area contributed by atoms with Gasteiger partial charge >= 0.3 is 0 Å². The van der Waals surface area contributed by atoms with Crippen molar-refractivity contribution in [2.45, 2.75) is 57.5 Å². The maximum Gasteiger partial charge on any atom is 0.229 e. The number of piperidine rings is 1. The van der Waals surface area contributed by atoms with Crippen LogP contribution in [0.5, 0.6) is 0 Å². The molecule has 1 unspecified atom stereocenters. The molecule has 3 aliphatic rings. The third kappa shape index (κ3) is 5.64. The molecule has 186 valence electrons. The predicted molar refractivity (Wildman–Crippen MR) is 142 cm³/mol. The van der Waals surface area contributed by atoms with Gasteiger partial charge in [0.1, 0.15) is 0 Å². The van der Waals surface area contributed by atoms with Gasteiger partial charge in [0.15, 0.2) is 0 Å². The number of nitrogens with one attached hydrogen (secondary N) is 1. The SMILES string of the molecule is O=C(NC(CCN1CCC2(CC1)CCN(Cc1ccc(Br)cc1)C2=O)c1ccccc1)C1CCC1. The van der Waals surface area contributed by atoms with Gasteiger partial charge in [0.05, 0.1) is 11.5 Å². The highest BCUT2D eigenvalue weighted by Crippen LogP contribution is 2.42. The lowest BCUT2D eigenvalue weighted by molar-refractivity contribution is -0.139. The Labute approximate surface area is 217 Å². The lowest BCUT2D eigenvalue weighted by atomic mass is 9.77. The molecule has 5 rings (SSSR count). The van der Waals surface area contributed by atoms with E-state index in [-0.39, 0.29) is 23.3 Å². The second kappa shape index (κ2) is 10.8. The molecule has 2 saturated heterocycles. The van der Waals surface area contributed by atoms with Gasteiger partial charge in [-0.05, 0) is 74.9 Å². The van der Waals surface area contributed by atoms with E-state index in [1.54, 1.807) is 0 Å². The van der Waals surface area contributed by atoms with E-state index in [0.29, 0.717) is 12.5 Å². The zero-order valence-electron chi connectivity index (χ0n) is 20.4. The van der Waals surface area contributed by atoms with Crippen molar-refractivity contribution in [3.05, 3.63) is 70.2 Å². The molecule has 2 aromatic rings. The Morgan fingerprint density at radius 2 is 1.69 bits per heavy atom. The summed E-state index contributed by atoms with van der Waals surface area (Å²) >= 11 is 3.49. The van der Waals surface area contributed by atoms with Gasteiger partial charge < -0.3 is 15.1 Å². The number of halogens is 1. The smallest absolute Gasteiger partial charge is 0.229 e. The fourth-order valence-corrected chi connectivity index (χ4v) is 6.07. The van der Waals surface area contributed by atoms with Crippen LogP contribution in [0, 0.1) is 11.3 Å². The number of rotatable bonds is 8. The van der Waals surface area contributed by atoms with Crippen LogP contribution < -0.4 is 5.32 Å². The first kappa shape index (κ1) is 24.5. The molecule has 0 aromatic heterocycles. The van der Waals surface area contributed by atoms with E-state index in [4.69, 9.17) is 0 Å². The highest BCUT2D eigenvalue weighted by molar-refractivity contribution is 9.10. The van der Waals surface area contributed by atoms with Crippen LogP contribution in [0.3, 0.4) is 0 Å². The van der Waals surface area contributed by atoms with E-state index in [2.05, 4.69) is 55.3 Å². The number of carbonyl (C=O) groups is 2. The molecule has 5 nitrogen and oxygen atoms in total. The number of amides is 2. The van der Waals surface area contributed by atoms with Gasteiger partial charge in [0.25, 0.3) is 0 Å². The second-order valence-corrected chi connectivity index (χ2v) is 11.5. The number of hydrogen-bond acceptors (Lipinski definition) is 3. The average molecular weight is 539 g/mol. The van der Waals surface area contributed by atoms with E-state index in [1.807, 2.05) is 30.3 Å². The van der Waals surface area contributed by atoms with E-state index in [1.165, 1.54) is 17.5 Å². The van der Waals surface area contributed by atoms with Crippen LogP contribution >= 0.6 is 15.9 Å². The quantitative estimate of drug-likeness (QED) is 0.496. The molecule has 3 fully saturated rings. The molecule has 1 spiro atoms. The summed E-state index contributed by atoms with van der Waals surface area (Å²) in [4.78, 5) is 30.6. The number of nitrogens with zero attached hydrogens (tertiary/aromatic N) is 2. The normalized spacial score (nSPS) is 21.2. The van der Waals surface area contributed by atoms with Crippen LogP contribution in [-0.4, -0.2) is 47.8 Å². The average Bonchev–Trinajstić information content (AvgIpc) is 3.13. The summed E-state index contributed by atoms with van der Waals surface area (Å²) in [7, 11) is 0. The lowest BCUT2D eigenvalue weighted by Gasteiger charge is -2.38. The van der Waals surface area contributed by atoms with Crippen molar-refractivity contribution < 1.29 is 9.59 Å².